The molecule has 18 rings (SSSR count). The van der Waals surface area contributed by atoms with E-state index in [0.717, 1.165) is 127 Å². The molecule has 18 aromatic rings. The van der Waals surface area contributed by atoms with E-state index in [1.165, 1.54) is 64.3 Å². The van der Waals surface area contributed by atoms with Crippen LogP contribution in [0, 0.1) is 0 Å². The Balaban J connectivity index is 0.817. The van der Waals surface area contributed by atoms with Crippen molar-refractivity contribution >= 4 is 97.1 Å². The topological polar surface area (TPSA) is 111 Å². The van der Waals surface area contributed by atoms with Crippen molar-refractivity contribution in [2.24, 2.45) is 0 Å². The minimum atomic E-state index is 0.160. The highest BCUT2D eigenvalue weighted by Crippen LogP contribution is 2.50. The van der Waals surface area contributed by atoms with Crippen LogP contribution < -0.4 is 0 Å². The van der Waals surface area contributed by atoms with Crippen molar-refractivity contribution in [2.45, 2.75) is 79.1 Å². The molecule has 0 aliphatic carbocycles. The van der Waals surface area contributed by atoms with Crippen LogP contribution in [0.5, 0.6) is 0 Å². The van der Waals surface area contributed by atoms with Crippen LogP contribution in [0.1, 0.15) is 101 Å². The van der Waals surface area contributed by atoms with Crippen molar-refractivity contribution in [3.8, 4) is 95.5 Å². The molecule has 0 atom stereocenters. The smallest absolute Gasteiger partial charge is 0.159 e. The van der Waals surface area contributed by atoms with E-state index in [4.69, 9.17) is 14.4 Å². The molecule has 10 aromatic carbocycles. The molecule has 0 radical (unpaired) electrons. The molecule has 0 saturated carbocycles. The lowest BCUT2D eigenvalue weighted by Crippen LogP contribution is -1.97. The number of aromatic amines is 1. The molecule has 0 bridgehead atoms. The number of hydrogen-bond donors (Lipinski definition) is 1. The first-order valence-electron chi connectivity index (χ1n) is 34.7. The van der Waals surface area contributed by atoms with Crippen molar-refractivity contribution in [3.63, 3.8) is 0 Å². The number of thiophene rings is 1. The highest BCUT2D eigenvalue weighted by atomic mass is 32.1. The summed E-state index contributed by atoms with van der Waals surface area (Å²) in [4.78, 5) is 32.0. The summed E-state index contributed by atoms with van der Waals surface area (Å²) in [5, 5.41) is 9.38. The molecule has 9 nitrogen and oxygen atoms in total. The summed E-state index contributed by atoms with van der Waals surface area (Å²) >= 11 is 1.95. The summed E-state index contributed by atoms with van der Waals surface area (Å²) in [5.41, 5.74) is 27.5. The lowest BCUT2D eigenvalue weighted by Gasteiger charge is -2.15. The molecule has 1 N–H and O–H groups in total. The van der Waals surface area contributed by atoms with Crippen molar-refractivity contribution in [2.75, 3.05) is 0 Å². The number of rotatable bonds is 13. The van der Waals surface area contributed by atoms with E-state index in [1.807, 2.05) is 48.0 Å². The average Bonchev–Trinajstić information content (AvgIpc) is 1.57. The normalized spacial score (nSPS) is 12.2. The van der Waals surface area contributed by atoms with Gasteiger partial charge in [-0.3, -0.25) is 9.97 Å². The SMILES string of the molecule is CC(C)c1cc(-c2cc(C(C)C)c3sc4c(C(C)C)cc(-n5c6ccc(-c7cccc(-c8ncccn8)c7)cc6c6cc(-c7ccccn7)ccc65)cc4c3c2)cc2c1oc1c(C(C)C)cc(-c3cc(-c4ccccn4)cc4c3[nH]c3ccc(-c5cccc(-c6ncccn6)c5)cc34)cc12. The number of benzene rings is 10. The molecule has 0 aliphatic rings. The average molecular weight is 1310 g/mol. The summed E-state index contributed by atoms with van der Waals surface area (Å²) in [6.45, 7) is 18.6. The summed E-state index contributed by atoms with van der Waals surface area (Å²) in [5.74, 6) is 2.25. The third kappa shape index (κ3) is 10.3. The molecule has 0 fully saturated rings. The van der Waals surface area contributed by atoms with Crippen LogP contribution >= 0.6 is 11.3 Å². The van der Waals surface area contributed by atoms with E-state index in [2.05, 4.69) is 273 Å². The van der Waals surface area contributed by atoms with Crippen LogP contribution in [0.15, 0.2) is 254 Å². The van der Waals surface area contributed by atoms with Crippen molar-refractivity contribution in [1.29, 1.82) is 0 Å². The Labute approximate surface area is 583 Å². The second-order valence-electron chi connectivity index (χ2n) is 27.9. The lowest BCUT2D eigenvalue weighted by molar-refractivity contribution is 0.646. The minimum absolute atomic E-state index is 0.160. The monoisotopic (exact) mass is 1310 g/mol. The second-order valence-corrected chi connectivity index (χ2v) is 28.9. The van der Waals surface area contributed by atoms with Crippen LogP contribution in [0.4, 0.5) is 0 Å². The van der Waals surface area contributed by atoms with Crippen LogP contribution in [0.2, 0.25) is 0 Å². The Morgan fingerprint density at radius 1 is 0.320 bits per heavy atom. The number of aromatic nitrogens is 8. The van der Waals surface area contributed by atoms with E-state index in [9.17, 15) is 0 Å². The molecule has 0 aliphatic heterocycles. The molecule has 0 spiro atoms. The van der Waals surface area contributed by atoms with Crippen LogP contribution in [-0.2, 0) is 0 Å². The van der Waals surface area contributed by atoms with Crippen LogP contribution in [0.25, 0.3) is 181 Å². The molecule has 0 unspecified atom stereocenters. The third-order valence-electron chi connectivity index (χ3n) is 20.3. The Bertz CT molecular complexity index is 6280. The lowest BCUT2D eigenvalue weighted by atomic mass is 9.89. The zero-order valence-electron chi connectivity index (χ0n) is 56.9. The van der Waals surface area contributed by atoms with Crippen LogP contribution in [-0.4, -0.2) is 39.5 Å². The first kappa shape index (κ1) is 60.7. The second kappa shape index (κ2) is 24.1. The van der Waals surface area contributed by atoms with Gasteiger partial charge < -0.3 is 14.0 Å². The fourth-order valence-electron chi connectivity index (χ4n) is 15.2. The molecular weight excluding hydrogens is 1240 g/mol. The number of pyridine rings is 2. The van der Waals surface area contributed by atoms with Crippen LogP contribution in [0.3, 0.4) is 0 Å². The van der Waals surface area contributed by atoms with Gasteiger partial charge in [-0.2, -0.15) is 0 Å². The maximum absolute atomic E-state index is 7.31. The summed E-state index contributed by atoms with van der Waals surface area (Å²) in [7, 11) is 0. The first-order chi connectivity index (χ1) is 48.8. The number of hydrogen-bond acceptors (Lipinski definition) is 8. The van der Waals surface area contributed by atoms with E-state index < -0.39 is 0 Å². The molecule has 8 heterocycles. The number of nitrogens with one attached hydrogen (secondary N) is 1. The summed E-state index contributed by atoms with van der Waals surface area (Å²) in [6.07, 6.45) is 10.9. The highest BCUT2D eigenvalue weighted by molar-refractivity contribution is 7.26. The fourth-order valence-corrected chi connectivity index (χ4v) is 16.8. The van der Waals surface area contributed by atoms with Gasteiger partial charge in [0.1, 0.15) is 11.2 Å². The third-order valence-corrected chi connectivity index (χ3v) is 21.6. The van der Waals surface area contributed by atoms with E-state index in [0.29, 0.717) is 11.6 Å². The Morgan fingerprint density at radius 2 is 0.770 bits per heavy atom. The Hall–Kier alpha value is -11.7. The molecule has 8 aromatic heterocycles. The van der Waals surface area contributed by atoms with Gasteiger partial charge in [-0.1, -0.05) is 122 Å². The number of fused-ring (bicyclic) bond motifs is 12. The quantitative estimate of drug-likeness (QED) is 0.122. The fraction of sp³-hybridized carbons (Fsp3) is 0.133. The molecular formula is C90H70N8OS. The van der Waals surface area contributed by atoms with Gasteiger partial charge in [-0.15, -0.1) is 11.3 Å². The predicted octanol–water partition coefficient (Wildman–Crippen LogP) is 24.9. The van der Waals surface area contributed by atoms with Gasteiger partial charge in [-0.25, -0.2) is 19.9 Å². The molecule has 10 heteroatoms. The summed E-state index contributed by atoms with van der Waals surface area (Å²) in [6, 6.07) is 77.8. The number of nitrogens with zero attached hydrogens (tertiary/aromatic N) is 7. The highest BCUT2D eigenvalue weighted by Gasteiger charge is 2.26. The van der Waals surface area contributed by atoms with Crippen molar-refractivity contribution < 1.29 is 4.42 Å². The van der Waals surface area contributed by atoms with E-state index >= 15 is 0 Å². The number of H-pyrrole nitrogens is 1. The van der Waals surface area contributed by atoms with Gasteiger partial charge in [0, 0.05) is 129 Å². The minimum Gasteiger partial charge on any atom is -0.455 e. The van der Waals surface area contributed by atoms with Gasteiger partial charge in [0.25, 0.3) is 0 Å². The van der Waals surface area contributed by atoms with Crippen molar-refractivity contribution in [1.82, 2.24) is 39.5 Å². The van der Waals surface area contributed by atoms with Gasteiger partial charge in [0.2, 0.25) is 0 Å². The van der Waals surface area contributed by atoms with Gasteiger partial charge in [0.15, 0.2) is 11.6 Å². The molecule has 100 heavy (non-hydrogen) atoms. The Morgan fingerprint density at radius 3 is 1.35 bits per heavy atom. The summed E-state index contributed by atoms with van der Waals surface area (Å²) < 4.78 is 12.5. The maximum Gasteiger partial charge on any atom is 0.159 e. The molecule has 0 amide bonds. The molecule has 482 valence electrons. The Kier molecular flexibility index (Phi) is 14.6. The standard InChI is InChI=1S/C90H70N8OS/c1-50(2)66-40-61(42-75-76-45-63(44-67(51(3)4)86(76)99-85(66)75)70-46-64(80-22-10-12-30-92-80)47-74-71-37-56(23-26-81(71)97-84(70)74)54-17-13-19-59(35-54)89-93-31-15-32-94-89)62-41-68(52(5)6)87-77(43-62)78-49-65(48-69(53(7)8)88(78)100-87)98-82-27-24-57(55-18-14-20-60(36-55)90-95-33-16-34-96-90)38-72(82)73-39-58(25-28-83(73)98)79-21-9-11-29-91-79/h9-53,97H,1-8H3. The first-order valence-corrected chi connectivity index (χ1v) is 35.5. The predicted molar refractivity (Wildman–Crippen MR) is 417 cm³/mol. The van der Waals surface area contributed by atoms with E-state index in [-0.39, 0.29) is 23.7 Å². The maximum atomic E-state index is 7.31. The van der Waals surface area contributed by atoms with Gasteiger partial charge in [0.05, 0.1) is 27.9 Å². The zero-order valence-corrected chi connectivity index (χ0v) is 57.7. The molecule has 0 saturated heterocycles. The van der Waals surface area contributed by atoms with Crippen molar-refractivity contribution in [3.05, 3.63) is 272 Å². The number of furan rings is 1. The zero-order chi connectivity index (χ0) is 67.6. The van der Waals surface area contributed by atoms with Gasteiger partial charge in [-0.05, 0) is 230 Å². The largest absolute Gasteiger partial charge is 0.455 e. The van der Waals surface area contributed by atoms with E-state index in [1.54, 1.807) is 24.8 Å². The van der Waals surface area contributed by atoms with Gasteiger partial charge >= 0.3 is 0 Å².